The van der Waals surface area contributed by atoms with Crippen LogP contribution in [0.3, 0.4) is 0 Å². The minimum absolute atomic E-state index is 0.0608. The summed E-state index contributed by atoms with van der Waals surface area (Å²) in [6, 6.07) is -0.623. The summed E-state index contributed by atoms with van der Waals surface area (Å²) in [5.74, 6) is -0.0608. The van der Waals surface area contributed by atoms with Crippen molar-refractivity contribution in [2.45, 2.75) is 321 Å². The van der Waals surface area contributed by atoms with Crippen LogP contribution in [0.25, 0.3) is 0 Å². The highest BCUT2D eigenvalue weighted by atomic mass is 16.3. The smallest absolute Gasteiger partial charge is 0.220 e. The number of hydrogen-bond donors (Lipinski definition) is 3. The van der Waals surface area contributed by atoms with Gasteiger partial charge in [0.1, 0.15) is 0 Å². The average molecular weight is 871 g/mol. The van der Waals surface area contributed by atoms with Gasteiger partial charge < -0.3 is 15.5 Å². The van der Waals surface area contributed by atoms with Crippen molar-refractivity contribution in [2.75, 3.05) is 6.61 Å². The fraction of sp³-hybridized carbons (Fsp3) is 0.879. The van der Waals surface area contributed by atoms with E-state index in [2.05, 4.69) is 43.5 Å². The summed E-state index contributed by atoms with van der Waals surface area (Å²) < 4.78 is 0. The molecule has 0 radical (unpaired) electrons. The van der Waals surface area contributed by atoms with Crippen molar-refractivity contribution in [3.05, 3.63) is 36.5 Å². The highest BCUT2D eigenvalue weighted by Gasteiger charge is 2.18. The van der Waals surface area contributed by atoms with Crippen molar-refractivity contribution in [1.82, 2.24) is 5.32 Å². The third-order valence-electron chi connectivity index (χ3n) is 13.1. The van der Waals surface area contributed by atoms with Gasteiger partial charge in [0, 0.05) is 6.42 Å². The van der Waals surface area contributed by atoms with Gasteiger partial charge in [-0.05, 0) is 51.4 Å². The van der Waals surface area contributed by atoms with E-state index in [4.69, 9.17) is 0 Å². The van der Waals surface area contributed by atoms with Crippen LogP contribution in [0.1, 0.15) is 309 Å². The molecule has 0 saturated carbocycles. The Bertz CT molecular complexity index is 943. The largest absolute Gasteiger partial charge is 0.394 e. The molecule has 0 aromatic rings. The van der Waals surface area contributed by atoms with Gasteiger partial charge in [-0.15, -0.1) is 0 Å². The predicted octanol–water partition coefficient (Wildman–Crippen LogP) is 18.5. The molecule has 0 saturated heterocycles. The van der Waals surface area contributed by atoms with E-state index in [0.29, 0.717) is 6.42 Å². The second kappa shape index (κ2) is 53.9. The molecule has 3 N–H and O–H groups in total. The standard InChI is InChI=1S/C58H111NO3/c1-3-5-7-9-11-13-15-17-19-21-23-25-27-29-31-33-35-37-39-41-43-45-47-49-51-53-57(61)56(55-60)59-58(62)54-52-50-48-46-44-42-40-38-36-34-32-30-28-26-24-22-20-18-16-14-12-10-8-6-4-2/h16,18,22,24,51,53,56-57,60-61H,3-15,17,19-21,23,25-50,52,54-55H2,1-2H3,(H,59,62)/b18-16-,24-22-,53-51+. The second-order valence-corrected chi connectivity index (χ2v) is 19.4. The highest BCUT2D eigenvalue weighted by molar-refractivity contribution is 5.76. The molecule has 0 fully saturated rings. The van der Waals surface area contributed by atoms with Crippen LogP contribution in [-0.2, 0) is 4.79 Å². The Hall–Kier alpha value is -1.39. The first-order valence-corrected chi connectivity index (χ1v) is 28.2. The molecule has 0 aromatic carbocycles. The van der Waals surface area contributed by atoms with E-state index < -0.39 is 12.1 Å². The number of unbranched alkanes of at least 4 members (excludes halogenated alkanes) is 41. The minimum atomic E-state index is -0.840. The molecule has 4 nitrogen and oxygen atoms in total. The first-order valence-electron chi connectivity index (χ1n) is 28.2. The molecular formula is C58H111NO3. The van der Waals surface area contributed by atoms with Gasteiger partial charge in [0.2, 0.25) is 5.91 Å². The zero-order chi connectivity index (χ0) is 44.9. The summed E-state index contributed by atoms with van der Waals surface area (Å²) in [5, 5.41) is 23.2. The third-order valence-corrected chi connectivity index (χ3v) is 13.1. The zero-order valence-electron chi connectivity index (χ0n) is 42.2. The monoisotopic (exact) mass is 870 g/mol. The topological polar surface area (TPSA) is 69.6 Å². The van der Waals surface area contributed by atoms with Gasteiger partial charge in [-0.3, -0.25) is 4.79 Å². The molecule has 1 amide bonds. The van der Waals surface area contributed by atoms with Crippen molar-refractivity contribution >= 4 is 5.91 Å². The molecule has 0 aliphatic carbocycles. The van der Waals surface area contributed by atoms with E-state index >= 15 is 0 Å². The summed E-state index contributed by atoms with van der Waals surface area (Å²) in [7, 11) is 0. The van der Waals surface area contributed by atoms with Crippen molar-refractivity contribution in [3.63, 3.8) is 0 Å². The van der Waals surface area contributed by atoms with Crippen LogP contribution in [0.4, 0.5) is 0 Å². The number of carbonyl (C=O) groups is 1. The van der Waals surface area contributed by atoms with E-state index in [1.54, 1.807) is 6.08 Å². The van der Waals surface area contributed by atoms with E-state index in [1.165, 1.54) is 257 Å². The number of allylic oxidation sites excluding steroid dienone is 5. The summed E-state index contributed by atoms with van der Waals surface area (Å²) in [6.07, 6.45) is 73.0. The Labute approximate surface area is 389 Å². The summed E-state index contributed by atoms with van der Waals surface area (Å²) in [6.45, 7) is 4.33. The first kappa shape index (κ1) is 60.6. The fourth-order valence-electron chi connectivity index (χ4n) is 8.80. The van der Waals surface area contributed by atoms with Crippen molar-refractivity contribution < 1.29 is 15.0 Å². The van der Waals surface area contributed by atoms with E-state index in [-0.39, 0.29) is 12.5 Å². The number of rotatable bonds is 52. The second-order valence-electron chi connectivity index (χ2n) is 19.4. The highest BCUT2D eigenvalue weighted by Crippen LogP contribution is 2.17. The van der Waals surface area contributed by atoms with Crippen LogP contribution in [0.15, 0.2) is 36.5 Å². The number of amides is 1. The van der Waals surface area contributed by atoms with Crippen LogP contribution in [0.2, 0.25) is 0 Å². The first-order chi connectivity index (χ1) is 30.7. The van der Waals surface area contributed by atoms with Gasteiger partial charge in [0.25, 0.3) is 0 Å². The van der Waals surface area contributed by atoms with Crippen molar-refractivity contribution in [1.29, 1.82) is 0 Å². The Balaban J connectivity index is 3.48. The number of hydrogen-bond acceptors (Lipinski definition) is 3. The van der Waals surface area contributed by atoms with Gasteiger partial charge in [-0.25, -0.2) is 0 Å². The van der Waals surface area contributed by atoms with Crippen LogP contribution < -0.4 is 5.32 Å². The average Bonchev–Trinajstić information content (AvgIpc) is 3.28. The van der Waals surface area contributed by atoms with E-state index in [9.17, 15) is 15.0 Å². The molecule has 4 heteroatoms. The van der Waals surface area contributed by atoms with Gasteiger partial charge in [0.05, 0.1) is 18.8 Å². The predicted molar refractivity (Wildman–Crippen MR) is 276 cm³/mol. The third kappa shape index (κ3) is 49.6. The Morgan fingerprint density at radius 1 is 0.387 bits per heavy atom. The zero-order valence-corrected chi connectivity index (χ0v) is 42.2. The SMILES string of the molecule is CCCCCCC/C=C\C/C=C\CCCCCCCCCCCCCCCC(=O)NC(CO)C(O)/C=C/CCCCCCCCCCCCCCCCCCCCCCCCC. The summed E-state index contributed by atoms with van der Waals surface area (Å²) in [4.78, 5) is 12.5. The number of carbonyl (C=O) groups excluding carboxylic acids is 1. The van der Waals surface area contributed by atoms with Gasteiger partial charge in [-0.1, -0.05) is 288 Å². The number of aliphatic hydroxyl groups excluding tert-OH is 2. The molecule has 0 aliphatic heterocycles. The maximum absolute atomic E-state index is 12.5. The lowest BCUT2D eigenvalue weighted by Gasteiger charge is -2.20. The molecule has 2 unspecified atom stereocenters. The molecule has 0 heterocycles. The molecule has 62 heavy (non-hydrogen) atoms. The van der Waals surface area contributed by atoms with Crippen LogP contribution in [0.5, 0.6) is 0 Å². The molecule has 2 atom stereocenters. The molecule has 0 rings (SSSR count). The van der Waals surface area contributed by atoms with Gasteiger partial charge in [-0.2, -0.15) is 0 Å². The lowest BCUT2D eigenvalue weighted by atomic mass is 10.0. The minimum Gasteiger partial charge on any atom is -0.394 e. The Morgan fingerprint density at radius 3 is 0.968 bits per heavy atom. The molecule has 0 aliphatic rings. The molecule has 0 bridgehead atoms. The lowest BCUT2D eigenvalue weighted by molar-refractivity contribution is -0.123. The maximum atomic E-state index is 12.5. The Kier molecular flexibility index (Phi) is 52.7. The van der Waals surface area contributed by atoms with Crippen LogP contribution >= 0.6 is 0 Å². The van der Waals surface area contributed by atoms with E-state index in [1.807, 2.05) is 6.08 Å². The van der Waals surface area contributed by atoms with Gasteiger partial charge in [0.15, 0.2) is 0 Å². The van der Waals surface area contributed by atoms with Crippen molar-refractivity contribution in [3.8, 4) is 0 Å². The summed E-state index contributed by atoms with van der Waals surface area (Å²) in [5.41, 5.74) is 0. The molecule has 0 aromatic heterocycles. The van der Waals surface area contributed by atoms with Crippen LogP contribution in [0, 0.1) is 0 Å². The lowest BCUT2D eigenvalue weighted by Crippen LogP contribution is -2.45. The quantitative estimate of drug-likeness (QED) is 0.0421. The molecule has 366 valence electrons. The van der Waals surface area contributed by atoms with Gasteiger partial charge >= 0.3 is 0 Å². The molecular weight excluding hydrogens is 759 g/mol. The normalized spacial score (nSPS) is 13.0. The van der Waals surface area contributed by atoms with E-state index in [0.717, 1.165) is 32.1 Å². The Morgan fingerprint density at radius 2 is 0.661 bits per heavy atom. The number of aliphatic hydroxyl groups is 2. The molecule has 0 spiro atoms. The van der Waals surface area contributed by atoms with Crippen molar-refractivity contribution in [2.24, 2.45) is 0 Å². The fourth-order valence-corrected chi connectivity index (χ4v) is 8.80. The van der Waals surface area contributed by atoms with Crippen LogP contribution in [-0.4, -0.2) is 34.9 Å². The maximum Gasteiger partial charge on any atom is 0.220 e. The number of nitrogens with one attached hydrogen (secondary N) is 1. The summed E-state index contributed by atoms with van der Waals surface area (Å²) >= 11 is 0.